The summed E-state index contributed by atoms with van der Waals surface area (Å²) in [6.45, 7) is 2.01. The van der Waals surface area contributed by atoms with Crippen LogP contribution in [0.5, 0.6) is 0 Å². The van der Waals surface area contributed by atoms with Crippen molar-refractivity contribution < 1.29 is 19.1 Å². The number of fused-ring (bicyclic) bond motifs is 9. The van der Waals surface area contributed by atoms with Crippen molar-refractivity contribution in [2.45, 2.75) is 29.5 Å². The predicted octanol–water partition coefficient (Wildman–Crippen LogP) is 4.94. The largest absolute Gasteiger partial charge is 0.462 e. The van der Waals surface area contributed by atoms with Crippen LogP contribution in [0.4, 0.5) is 5.69 Å². The number of nitrogens with zero attached hydrogens (tertiary/aromatic N) is 1. The molecule has 38 heavy (non-hydrogen) atoms. The number of anilines is 1. The predicted molar refractivity (Wildman–Crippen MR) is 145 cm³/mol. The maximum atomic E-state index is 13.9. The first-order valence-electron chi connectivity index (χ1n) is 12.7. The van der Waals surface area contributed by atoms with E-state index in [9.17, 15) is 19.2 Å². The molecule has 0 unspecified atom stereocenters. The van der Waals surface area contributed by atoms with Crippen molar-refractivity contribution in [3.63, 3.8) is 0 Å². The molecule has 2 aliphatic heterocycles. The van der Waals surface area contributed by atoms with Gasteiger partial charge < -0.3 is 9.72 Å². The molecule has 3 heterocycles. The average molecular weight is 567 g/mol. The summed E-state index contributed by atoms with van der Waals surface area (Å²) >= 11 is 9.09. The highest BCUT2D eigenvalue weighted by molar-refractivity contribution is 8.00. The van der Waals surface area contributed by atoms with Gasteiger partial charge in [0.2, 0.25) is 11.8 Å². The summed E-state index contributed by atoms with van der Waals surface area (Å²) in [6, 6.07) is 14.2. The Kier molecular flexibility index (Phi) is 5.62. The maximum absolute atomic E-state index is 13.9. The molecule has 7 atom stereocenters. The Morgan fingerprint density at radius 2 is 1.71 bits per heavy atom. The van der Waals surface area contributed by atoms with E-state index in [2.05, 4.69) is 4.98 Å². The molecule has 3 fully saturated rings. The van der Waals surface area contributed by atoms with Crippen molar-refractivity contribution in [3.05, 3.63) is 79.2 Å². The van der Waals surface area contributed by atoms with Gasteiger partial charge in [0.15, 0.2) is 0 Å². The Balaban J connectivity index is 1.25. The molecule has 2 aliphatic carbocycles. The third-order valence-electron chi connectivity index (χ3n) is 8.59. The lowest BCUT2D eigenvalue weighted by atomic mass is 9.68. The molecular formula is C28H23ClN2O5S2. The van der Waals surface area contributed by atoms with Gasteiger partial charge in [-0.15, -0.1) is 11.8 Å². The SMILES string of the molecule is CCOC(=O)c1ccc(N2C(=O)[C@@H]3[C@H]4C[C@@H]([C@@H]5Sc6[nH]c(=O)sc6[C@@H](c6ccc(Cl)cc6)[C@@H]45)[C@H]3C2=O)cc1. The number of esters is 1. The Labute approximate surface area is 231 Å². The normalized spacial score (nSPS) is 30.8. The number of H-pyrrole nitrogens is 1. The second-order valence-electron chi connectivity index (χ2n) is 10.3. The molecule has 1 N–H and O–H groups in total. The van der Waals surface area contributed by atoms with Crippen LogP contribution in [-0.2, 0) is 14.3 Å². The summed E-state index contributed by atoms with van der Waals surface area (Å²) in [5, 5.41) is 1.66. The highest BCUT2D eigenvalue weighted by atomic mass is 35.5. The van der Waals surface area contributed by atoms with E-state index in [4.69, 9.17) is 16.3 Å². The van der Waals surface area contributed by atoms with Gasteiger partial charge in [-0.1, -0.05) is 35.1 Å². The van der Waals surface area contributed by atoms with E-state index >= 15 is 0 Å². The van der Waals surface area contributed by atoms with Gasteiger partial charge in [0, 0.05) is 21.1 Å². The zero-order valence-electron chi connectivity index (χ0n) is 20.3. The number of hydrogen-bond acceptors (Lipinski definition) is 7. The van der Waals surface area contributed by atoms with Gasteiger partial charge >= 0.3 is 10.8 Å². The van der Waals surface area contributed by atoms with Crippen molar-refractivity contribution in [1.82, 2.24) is 4.98 Å². The lowest BCUT2D eigenvalue weighted by Crippen LogP contribution is -2.42. The quantitative estimate of drug-likeness (QED) is 0.355. The number of nitrogens with one attached hydrogen (secondary N) is 1. The second kappa shape index (κ2) is 8.83. The molecule has 4 aliphatic rings. The molecule has 2 amide bonds. The Morgan fingerprint density at radius 3 is 2.39 bits per heavy atom. The van der Waals surface area contributed by atoms with Crippen LogP contribution in [0.1, 0.15) is 40.1 Å². The summed E-state index contributed by atoms with van der Waals surface area (Å²) in [5.74, 6) is -1.34. The highest BCUT2D eigenvalue weighted by Gasteiger charge is 2.69. The number of carbonyl (C=O) groups is 3. The molecule has 1 saturated heterocycles. The highest BCUT2D eigenvalue weighted by Crippen LogP contribution is 2.68. The molecule has 2 aromatic carbocycles. The molecule has 194 valence electrons. The zero-order chi connectivity index (χ0) is 26.3. The van der Waals surface area contributed by atoms with Gasteiger partial charge in [0.05, 0.1) is 34.7 Å². The third kappa shape index (κ3) is 3.41. The van der Waals surface area contributed by atoms with E-state index in [-0.39, 0.29) is 64.1 Å². The van der Waals surface area contributed by atoms with Crippen LogP contribution < -0.4 is 9.77 Å². The topological polar surface area (TPSA) is 96.5 Å². The van der Waals surface area contributed by atoms with Crippen LogP contribution in [0.15, 0.2) is 58.4 Å². The van der Waals surface area contributed by atoms with Crippen LogP contribution in [0, 0.1) is 29.6 Å². The lowest BCUT2D eigenvalue weighted by molar-refractivity contribution is -0.123. The van der Waals surface area contributed by atoms with E-state index in [1.807, 2.05) is 24.3 Å². The summed E-state index contributed by atoms with van der Waals surface area (Å²) in [7, 11) is 0. The standard InChI is InChI=1S/C28H23ClN2O5S2/c1-2-36-27(34)13-5-9-15(10-6-13)31-25(32)20-16-11-17(21(20)26(31)33)22-19(16)18(12-3-7-14(29)8-4-12)23-24(37-22)30-28(35)38-23/h3-10,16-22H,2,11H2,1H3,(H,30,35)/t16-,17+,18-,19+,20+,21+,22-/m0/s1. The molecular weight excluding hydrogens is 544 g/mol. The van der Waals surface area contributed by atoms with E-state index in [1.54, 1.807) is 43.0 Å². The number of carbonyl (C=O) groups excluding carboxylic acids is 3. The minimum absolute atomic E-state index is 0.0331. The molecule has 1 aromatic heterocycles. The van der Waals surface area contributed by atoms with E-state index in [1.165, 1.54) is 16.2 Å². The van der Waals surface area contributed by atoms with Gasteiger partial charge in [0.25, 0.3) is 0 Å². The molecule has 0 spiro atoms. The average Bonchev–Trinajstić information content (AvgIpc) is 3.64. The smallest absolute Gasteiger partial charge is 0.338 e. The summed E-state index contributed by atoms with van der Waals surface area (Å²) in [4.78, 5) is 57.3. The minimum Gasteiger partial charge on any atom is -0.462 e. The van der Waals surface area contributed by atoms with Gasteiger partial charge in [-0.2, -0.15) is 0 Å². The van der Waals surface area contributed by atoms with E-state index in [0.717, 1.165) is 21.9 Å². The molecule has 2 saturated carbocycles. The molecule has 3 aromatic rings. The summed E-state index contributed by atoms with van der Waals surface area (Å²) in [5.41, 5.74) is 1.94. The first-order chi connectivity index (χ1) is 18.4. The Bertz CT molecular complexity index is 1530. The number of thiazole rings is 1. The van der Waals surface area contributed by atoms with Crippen LogP contribution >= 0.6 is 34.7 Å². The number of imide groups is 1. The Hall–Kier alpha value is -2.88. The zero-order valence-corrected chi connectivity index (χ0v) is 22.6. The first kappa shape index (κ1) is 24.2. The van der Waals surface area contributed by atoms with Crippen molar-refractivity contribution in [1.29, 1.82) is 0 Å². The molecule has 10 heteroatoms. The molecule has 0 radical (unpaired) electrons. The number of aromatic amines is 1. The van der Waals surface area contributed by atoms with Gasteiger partial charge in [-0.3, -0.25) is 19.3 Å². The fourth-order valence-corrected chi connectivity index (χ4v) is 10.3. The minimum atomic E-state index is -0.437. The number of benzene rings is 2. The van der Waals surface area contributed by atoms with E-state index < -0.39 is 5.97 Å². The monoisotopic (exact) mass is 566 g/mol. The van der Waals surface area contributed by atoms with Crippen molar-refractivity contribution in [2.24, 2.45) is 29.6 Å². The first-order valence-corrected chi connectivity index (χ1v) is 14.7. The maximum Gasteiger partial charge on any atom is 0.338 e. The van der Waals surface area contributed by atoms with Crippen LogP contribution in [0.2, 0.25) is 5.02 Å². The number of aromatic nitrogens is 1. The molecule has 2 bridgehead atoms. The number of ether oxygens (including phenoxy) is 1. The van der Waals surface area contributed by atoms with Crippen molar-refractivity contribution >= 4 is 58.2 Å². The van der Waals surface area contributed by atoms with Gasteiger partial charge in [-0.25, -0.2) is 4.79 Å². The Morgan fingerprint density at radius 1 is 1.03 bits per heavy atom. The number of hydrogen-bond donors (Lipinski definition) is 1. The fourth-order valence-electron chi connectivity index (χ4n) is 7.28. The third-order valence-corrected chi connectivity index (χ3v) is 11.4. The summed E-state index contributed by atoms with van der Waals surface area (Å²) < 4.78 is 5.05. The van der Waals surface area contributed by atoms with Gasteiger partial charge in [-0.05, 0) is 73.1 Å². The number of halogens is 1. The lowest BCUT2D eigenvalue weighted by Gasteiger charge is -2.43. The molecule has 7 nitrogen and oxygen atoms in total. The van der Waals surface area contributed by atoms with E-state index in [0.29, 0.717) is 16.3 Å². The van der Waals surface area contributed by atoms with Crippen LogP contribution in [0.3, 0.4) is 0 Å². The number of rotatable bonds is 4. The number of thioether (sulfide) groups is 1. The van der Waals surface area contributed by atoms with Crippen LogP contribution in [-0.4, -0.2) is 34.6 Å². The van der Waals surface area contributed by atoms with Gasteiger partial charge in [0.1, 0.15) is 0 Å². The summed E-state index contributed by atoms with van der Waals surface area (Å²) in [6.07, 6.45) is 0.827. The van der Waals surface area contributed by atoms with Crippen molar-refractivity contribution in [3.8, 4) is 0 Å². The fraction of sp³-hybridized carbons (Fsp3) is 0.357. The van der Waals surface area contributed by atoms with Crippen LogP contribution in [0.25, 0.3) is 0 Å². The second-order valence-corrected chi connectivity index (χ2v) is 12.9. The number of amides is 2. The van der Waals surface area contributed by atoms with Crippen molar-refractivity contribution in [2.75, 3.05) is 11.5 Å². The molecule has 7 rings (SSSR count).